The summed E-state index contributed by atoms with van der Waals surface area (Å²) < 4.78 is 12.3. The van der Waals surface area contributed by atoms with Crippen LogP contribution in [0.1, 0.15) is 17.0 Å². The third-order valence-electron chi connectivity index (χ3n) is 3.36. The number of carbonyl (C=O) groups is 1. The molecule has 0 radical (unpaired) electrons. The highest BCUT2D eigenvalue weighted by molar-refractivity contribution is 6.30. The number of ether oxygens (including phenoxy) is 2. The lowest BCUT2D eigenvalue weighted by molar-refractivity contribution is -0.138. The quantitative estimate of drug-likeness (QED) is 0.462. The highest BCUT2D eigenvalue weighted by Gasteiger charge is 2.06. The summed E-state index contributed by atoms with van der Waals surface area (Å²) in [5.41, 5.74) is 2.81. The van der Waals surface area contributed by atoms with Crippen LogP contribution in [0.25, 0.3) is 6.08 Å². The van der Waals surface area contributed by atoms with Gasteiger partial charge in [0.2, 0.25) is 0 Å². The van der Waals surface area contributed by atoms with Crippen molar-refractivity contribution in [3.8, 4) is 5.75 Å². The number of hydrogen-bond donors (Lipinski definition) is 0. The summed E-state index contributed by atoms with van der Waals surface area (Å²) in [6, 6.07) is 7.00. The van der Waals surface area contributed by atoms with E-state index < -0.39 is 5.97 Å². The number of hydrogen-bond acceptors (Lipinski definition) is 4. The summed E-state index contributed by atoms with van der Waals surface area (Å²) in [5.74, 6) is 0.273. The molecule has 0 amide bonds. The van der Waals surface area contributed by atoms with E-state index in [9.17, 15) is 4.79 Å². The van der Waals surface area contributed by atoms with Crippen LogP contribution >= 0.6 is 11.6 Å². The molecule has 0 saturated carbocycles. The molecule has 1 heterocycles. The fourth-order valence-corrected chi connectivity index (χ4v) is 2.19. The van der Waals surface area contributed by atoms with Crippen molar-refractivity contribution in [2.75, 3.05) is 13.2 Å². The van der Waals surface area contributed by atoms with Crippen LogP contribution in [0.5, 0.6) is 5.75 Å². The van der Waals surface area contributed by atoms with E-state index in [0.717, 1.165) is 17.0 Å². The molecule has 122 valence electrons. The van der Waals surface area contributed by atoms with Crippen molar-refractivity contribution in [2.24, 2.45) is 7.05 Å². The van der Waals surface area contributed by atoms with Gasteiger partial charge in [-0.1, -0.05) is 11.6 Å². The summed E-state index contributed by atoms with van der Waals surface area (Å²) >= 11 is 5.79. The van der Waals surface area contributed by atoms with Gasteiger partial charge in [-0.2, -0.15) is 5.10 Å². The van der Waals surface area contributed by atoms with Crippen LogP contribution in [0.4, 0.5) is 0 Å². The molecule has 0 fully saturated rings. The molecule has 0 saturated heterocycles. The Labute approximate surface area is 140 Å². The van der Waals surface area contributed by atoms with E-state index in [1.807, 2.05) is 20.9 Å². The summed E-state index contributed by atoms with van der Waals surface area (Å²) in [7, 11) is 1.87. The zero-order chi connectivity index (χ0) is 16.8. The van der Waals surface area contributed by atoms with Gasteiger partial charge in [0.05, 0.1) is 5.69 Å². The van der Waals surface area contributed by atoms with E-state index in [-0.39, 0.29) is 13.2 Å². The first-order chi connectivity index (χ1) is 11.0. The van der Waals surface area contributed by atoms with Crippen molar-refractivity contribution in [2.45, 2.75) is 13.8 Å². The molecular weight excluding hydrogens is 316 g/mol. The number of aryl methyl sites for hydroxylation is 2. The zero-order valence-electron chi connectivity index (χ0n) is 13.4. The maximum Gasteiger partial charge on any atom is 0.330 e. The van der Waals surface area contributed by atoms with Gasteiger partial charge >= 0.3 is 5.97 Å². The Kier molecular flexibility index (Phi) is 5.82. The van der Waals surface area contributed by atoms with E-state index in [2.05, 4.69) is 5.10 Å². The minimum absolute atomic E-state index is 0.177. The topological polar surface area (TPSA) is 53.4 Å². The molecule has 1 aromatic carbocycles. The summed E-state index contributed by atoms with van der Waals surface area (Å²) in [6.07, 6.45) is 3.12. The van der Waals surface area contributed by atoms with Gasteiger partial charge < -0.3 is 9.47 Å². The maximum atomic E-state index is 11.7. The number of benzene rings is 1. The van der Waals surface area contributed by atoms with Crippen LogP contribution in [0, 0.1) is 13.8 Å². The van der Waals surface area contributed by atoms with Gasteiger partial charge in [0, 0.05) is 29.4 Å². The number of rotatable bonds is 6. The molecule has 0 aliphatic carbocycles. The second-order valence-corrected chi connectivity index (χ2v) is 5.45. The SMILES string of the molecule is Cc1nn(C)c(C)c1/C=C/C(=O)OCCOc1ccc(Cl)cc1. The van der Waals surface area contributed by atoms with Crippen molar-refractivity contribution in [3.05, 3.63) is 52.3 Å². The number of carbonyl (C=O) groups excluding carboxylic acids is 1. The Bertz CT molecular complexity index is 705. The summed E-state index contributed by atoms with van der Waals surface area (Å²) in [5, 5.41) is 4.94. The average molecular weight is 335 g/mol. The van der Waals surface area contributed by atoms with Crippen molar-refractivity contribution in [1.82, 2.24) is 9.78 Å². The number of aromatic nitrogens is 2. The van der Waals surface area contributed by atoms with Crippen LogP contribution in [-0.4, -0.2) is 29.0 Å². The molecule has 0 atom stereocenters. The molecule has 5 nitrogen and oxygen atoms in total. The predicted octanol–water partition coefficient (Wildman–Crippen LogP) is 3.33. The largest absolute Gasteiger partial charge is 0.490 e. The number of esters is 1. The summed E-state index contributed by atoms with van der Waals surface area (Å²) in [6.45, 7) is 4.31. The first-order valence-electron chi connectivity index (χ1n) is 7.21. The molecule has 0 bridgehead atoms. The molecule has 2 rings (SSSR count). The van der Waals surface area contributed by atoms with Gasteiger partial charge in [-0.25, -0.2) is 4.79 Å². The predicted molar refractivity (Wildman–Crippen MR) is 89.6 cm³/mol. The maximum absolute atomic E-state index is 11.7. The second kappa shape index (κ2) is 7.83. The molecule has 0 aliphatic rings. The van der Waals surface area contributed by atoms with Crippen LogP contribution in [0.2, 0.25) is 5.02 Å². The van der Waals surface area contributed by atoms with Crippen LogP contribution in [-0.2, 0) is 16.6 Å². The van der Waals surface area contributed by atoms with E-state index in [1.165, 1.54) is 6.08 Å². The van der Waals surface area contributed by atoms with Crippen LogP contribution in [0.3, 0.4) is 0 Å². The first-order valence-corrected chi connectivity index (χ1v) is 7.58. The van der Waals surface area contributed by atoms with E-state index in [1.54, 1.807) is 35.0 Å². The van der Waals surface area contributed by atoms with Gasteiger partial charge in [0.25, 0.3) is 0 Å². The Hall–Kier alpha value is -2.27. The van der Waals surface area contributed by atoms with Crippen LogP contribution in [0.15, 0.2) is 30.3 Å². The summed E-state index contributed by atoms with van der Waals surface area (Å²) in [4.78, 5) is 11.7. The molecule has 0 unspecified atom stereocenters. The molecule has 1 aromatic heterocycles. The highest BCUT2D eigenvalue weighted by atomic mass is 35.5. The molecule has 0 N–H and O–H groups in total. The minimum Gasteiger partial charge on any atom is -0.490 e. The Morgan fingerprint density at radius 2 is 1.96 bits per heavy atom. The zero-order valence-corrected chi connectivity index (χ0v) is 14.1. The lowest BCUT2D eigenvalue weighted by Gasteiger charge is -2.06. The van der Waals surface area contributed by atoms with Gasteiger partial charge in [-0.05, 0) is 44.2 Å². The van der Waals surface area contributed by atoms with E-state index >= 15 is 0 Å². The molecule has 0 spiro atoms. The number of nitrogens with zero attached hydrogens (tertiary/aromatic N) is 2. The fraction of sp³-hybridized carbons (Fsp3) is 0.294. The van der Waals surface area contributed by atoms with Crippen molar-refractivity contribution < 1.29 is 14.3 Å². The monoisotopic (exact) mass is 334 g/mol. The second-order valence-electron chi connectivity index (χ2n) is 5.01. The third-order valence-corrected chi connectivity index (χ3v) is 3.61. The van der Waals surface area contributed by atoms with E-state index in [0.29, 0.717) is 10.8 Å². The van der Waals surface area contributed by atoms with E-state index in [4.69, 9.17) is 21.1 Å². The Morgan fingerprint density at radius 3 is 2.57 bits per heavy atom. The van der Waals surface area contributed by atoms with Crippen molar-refractivity contribution in [3.63, 3.8) is 0 Å². The van der Waals surface area contributed by atoms with Gasteiger partial charge in [-0.3, -0.25) is 4.68 Å². The standard InChI is InChI=1S/C17H19ClN2O3/c1-12-16(13(2)20(3)19-12)8-9-17(21)23-11-10-22-15-6-4-14(18)5-7-15/h4-9H,10-11H2,1-3H3/b9-8+. The van der Waals surface area contributed by atoms with Gasteiger partial charge in [0.15, 0.2) is 0 Å². The highest BCUT2D eigenvalue weighted by Crippen LogP contribution is 2.15. The molecule has 23 heavy (non-hydrogen) atoms. The number of halogens is 1. The first kappa shape index (κ1) is 17.1. The van der Waals surface area contributed by atoms with Gasteiger partial charge in [-0.15, -0.1) is 0 Å². The molecule has 6 heteroatoms. The van der Waals surface area contributed by atoms with Gasteiger partial charge in [0.1, 0.15) is 19.0 Å². The smallest absolute Gasteiger partial charge is 0.330 e. The minimum atomic E-state index is -0.410. The Morgan fingerprint density at radius 1 is 1.26 bits per heavy atom. The molecule has 2 aromatic rings. The Balaban J connectivity index is 1.76. The average Bonchev–Trinajstić information content (AvgIpc) is 2.76. The normalized spacial score (nSPS) is 11.0. The molecular formula is C17H19ClN2O3. The lowest BCUT2D eigenvalue weighted by atomic mass is 10.2. The van der Waals surface area contributed by atoms with Crippen molar-refractivity contribution in [1.29, 1.82) is 0 Å². The van der Waals surface area contributed by atoms with Crippen molar-refractivity contribution >= 4 is 23.6 Å². The third kappa shape index (κ3) is 4.86. The fourth-order valence-electron chi connectivity index (χ4n) is 2.06. The van der Waals surface area contributed by atoms with Crippen LogP contribution < -0.4 is 4.74 Å². The molecule has 0 aliphatic heterocycles. The lowest BCUT2D eigenvalue weighted by Crippen LogP contribution is -2.10.